The first-order valence-corrected chi connectivity index (χ1v) is 8.78. The number of ether oxygens (including phenoxy) is 3. The minimum atomic E-state index is -0.273. The summed E-state index contributed by atoms with van der Waals surface area (Å²) in [6.45, 7) is 0.914. The van der Waals surface area contributed by atoms with Gasteiger partial charge < -0.3 is 14.2 Å². The van der Waals surface area contributed by atoms with Crippen LogP contribution in [0.4, 0.5) is 4.79 Å². The van der Waals surface area contributed by atoms with Gasteiger partial charge in [0.2, 0.25) is 0 Å². The Bertz CT molecular complexity index is 765. The Kier molecular flexibility index (Phi) is 5.48. The molecule has 1 atom stereocenters. The van der Waals surface area contributed by atoms with E-state index in [1.54, 1.807) is 19.1 Å². The van der Waals surface area contributed by atoms with Crippen molar-refractivity contribution in [2.24, 2.45) is 0 Å². The molecule has 0 bridgehead atoms. The predicted molar refractivity (Wildman–Crippen MR) is 98.1 cm³/mol. The molecule has 0 aromatic heterocycles. The molecule has 1 heterocycles. The van der Waals surface area contributed by atoms with E-state index in [0.717, 1.165) is 15.6 Å². The van der Waals surface area contributed by atoms with Crippen LogP contribution in [-0.2, 0) is 17.7 Å². The van der Waals surface area contributed by atoms with E-state index in [9.17, 15) is 4.79 Å². The predicted octanol–water partition coefficient (Wildman–Crippen LogP) is 4.03. The highest BCUT2D eigenvalue weighted by molar-refractivity contribution is 9.10. The third kappa shape index (κ3) is 4.07. The first-order valence-electron chi connectivity index (χ1n) is 7.99. The van der Waals surface area contributed by atoms with Gasteiger partial charge in [-0.3, -0.25) is 4.90 Å². The van der Waals surface area contributed by atoms with E-state index >= 15 is 0 Å². The van der Waals surface area contributed by atoms with Gasteiger partial charge in [0, 0.05) is 11.0 Å². The number of amides is 1. The van der Waals surface area contributed by atoms with Crippen molar-refractivity contribution in [3.05, 3.63) is 58.1 Å². The molecule has 132 valence electrons. The summed E-state index contributed by atoms with van der Waals surface area (Å²) in [7, 11) is 3.23. The van der Waals surface area contributed by atoms with E-state index in [1.807, 2.05) is 42.5 Å². The molecule has 5 nitrogen and oxygen atoms in total. The Morgan fingerprint density at radius 1 is 1.12 bits per heavy atom. The fourth-order valence-electron chi connectivity index (χ4n) is 2.96. The number of hydrogen-bond acceptors (Lipinski definition) is 4. The van der Waals surface area contributed by atoms with Crippen LogP contribution >= 0.6 is 15.9 Å². The number of carbonyl (C=O) groups is 1. The summed E-state index contributed by atoms with van der Waals surface area (Å²) in [6.07, 6.45) is 0.422. The van der Waals surface area contributed by atoms with Crippen molar-refractivity contribution >= 4 is 22.0 Å². The lowest BCUT2D eigenvalue weighted by molar-refractivity contribution is 0.156. The normalized spacial score (nSPS) is 16.7. The second-order valence-corrected chi connectivity index (χ2v) is 6.80. The lowest BCUT2D eigenvalue weighted by Gasteiger charge is -2.22. The number of rotatable bonds is 6. The van der Waals surface area contributed by atoms with Crippen LogP contribution in [0.25, 0.3) is 0 Å². The maximum absolute atomic E-state index is 12.1. The quantitative estimate of drug-likeness (QED) is 0.727. The highest BCUT2D eigenvalue weighted by atomic mass is 79.9. The van der Waals surface area contributed by atoms with Crippen LogP contribution in [0.15, 0.2) is 46.9 Å². The molecule has 0 radical (unpaired) electrons. The lowest BCUT2D eigenvalue weighted by Crippen LogP contribution is -2.34. The summed E-state index contributed by atoms with van der Waals surface area (Å²) in [5.74, 6) is 1.37. The van der Waals surface area contributed by atoms with Crippen LogP contribution in [0.1, 0.15) is 11.1 Å². The first-order chi connectivity index (χ1) is 12.1. The molecular weight excluding hydrogens is 386 g/mol. The highest BCUT2D eigenvalue weighted by Gasteiger charge is 2.33. The number of benzene rings is 2. The zero-order chi connectivity index (χ0) is 17.8. The summed E-state index contributed by atoms with van der Waals surface area (Å²) in [5.41, 5.74) is 2.13. The molecule has 1 aliphatic heterocycles. The standard InChI is InChI=1S/C19H20BrNO4/c1-23-17-7-6-13(10-18(17)24-2)9-16-12-25-19(22)21(16)11-14-4-3-5-15(20)8-14/h3-8,10,16H,9,11-12H2,1-2H3. The Hall–Kier alpha value is -2.21. The smallest absolute Gasteiger partial charge is 0.410 e. The molecule has 2 aromatic rings. The number of halogens is 1. The second-order valence-electron chi connectivity index (χ2n) is 5.88. The molecule has 2 aromatic carbocycles. The minimum Gasteiger partial charge on any atom is -0.493 e. The van der Waals surface area contributed by atoms with Crippen molar-refractivity contribution in [3.63, 3.8) is 0 Å². The maximum Gasteiger partial charge on any atom is 0.410 e. The van der Waals surface area contributed by atoms with Gasteiger partial charge in [-0.15, -0.1) is 0 Å². The molecule has 0 spiro atoms. The maximum atomic E-state index is 12.1. The van der Waals surface area contributed by atoms with Crippen LogP contribution in [0.2, 0.25) is 0 Å². The highest BCUT2D eigenvalue weighted by Crippen LogP contribution is 2.29. The van der Waals surface area contributed by atoms with Crippen LogP contribution in [0, 0.1) is 0 Å². The van der Waals surface area contributed by atoms with Gasteiger partial charge in [-0.25, -0.2) is 4.79 Å². The molecule has 1 fully saturated rings. The Morgan fingerprint density at radius 3 is 2.64 bits per heavy atom. The third-order valence-corrected chi connectivity index (χ3v) is 4.73. The van der Waals surface area contributed by atoms with Gasteiger partial charge in [0.05, 0.1) is 20.3 Å². The van der Waals surface area contributed by atoms with Gasteiger partial charge in [0.1, 0.15) is 6.61 Å². The number of carbonyl (C=O) groups excluding carboxylic acids is 1. The summed E-state index contributed by atoms with van der Waals surface area (Å²) in [6, 6.07) is 13.7. The zero-order valence-corrected chi connectivity index (χ0v) is 15.8. The summed E-state index contributed by atoms with van der Waals surface area (Å²) in [4.78, 5) is 13.9. The molecule has 1 amide bonds. The third-order valence-electron chi connectivity index (χ3n) is 4.24. The number of nitrogens with zero attached hydrogens (tertiary/aromatic N) is 1. The molecule has 1 saturated heterocycles. The van der Waals surface area contributed by atoms with Crippen LogP contribution in [-0.4, -0.2) is 37.9 Å². The molecule has 0 saturated carbocycles. The van der Waals surface area contributed by atoms with Crippen LogP contribution in [0.5, 0.6) is 11.5 Å². The van der Waals surface area contributed by atoms with E-state index in [4.69, 9.17) is 14.2 Å². The number of cyclic esters (lactones) is 1. The van der Waals surface area contributed by atoms with E-state index in [-0.39, 0.29) is 12.1 Å². The van der Waals surface area contributed by atoms with Crippen molar-refractivity contribution < 1.29 is 19.0 Å². The summed E-state index contributed by atoms with van der Waals surface area (Å²) < 4.78 is 16.9. The molecule has 6 heteroatoms. The van der Waals surface area contributed by atoms with Gasteiger partial charge in [0.25, 0.3) is 0 Å². The van der Waals surface area contributed by atoms with Gasteiger partial charge in [-0.05, 0) is 41.8 Å². The number of methoxy groups -OCH3 is 2. The van der Waals surface area contributed by atoms with E-state index < -0.39 is 0 Å². The van der Waals surface area contributed by atoms with Gasteiger partial charge in [-0.2, -0.15) is 0 Å². The molecular formula is C19H20BrNO4. The Balaban J connectivity index is 1.75. The molecule has 3 rings (SSSR count). The van der Waals surface area contributed by atoms with Crippen molar-refractivity contribution in [3.8, 4) is 11.5 Å². The van der Waals surface area contributed by atoms with Crippen LogP contribution < -0.4 is 9.47 Å². The van der Waals surface area contributed by atoms with Crippen molar-refractivity contribution in [1.29, 1.82) is 0 Å². The Labute approximate surface area is 155 Å². The average Bonchev–Trinajstić information content (AvgIpc) is 2.95. The van der Waals surface area contributed by atoms with E-state index in [0.29, 0.717) is 31.1 Å². The van der Waals surface area contributed by atoms with Gasteiger partial charge in [0.15, 0.2) is 11.5 Å². The van der Waals surface area contributed by atoms with E-state index in [1.165, 1.54) is 0 Å². The molecule has 25 heavy (non-hydrogen) atoms. The molecule has 0 N–H and O–H groups in total. The molecule has 0 aliphatic carbocycles. The lowest BCUT2D eigenvalue weighted by atomic mass is 10.0. The summed E-state index contributed by atoms with van der Waals surface area (Å²) >= 11 is 3.46. The van der Waals surface area contributed by atoms with Crippen molar-refractivity contribution in [2.75, 3.05) is 20.8 Å². The number of hydrogen-bond donors (Lipinski definition) is 0. The van der Waals surface area contributed by atoms with Gasteiger partial charge in [-0.1, -0.05) is 34.1 Å². The summed E-state index contributed by atoms with van der Waals surface area (Å²) in [5, 5.41) is 0. The van der Waals surface area contributed by atoms with E-state index in [2.05, 4.69) is 15.9 Å². The molecule has 1 aliphatic rings. The van der Waals surface area contributed by atoms with Crippen LogP contribution in [0.3, 0.4) is 0 Å². The SMILES string of the molecule is COc1ccc(CC2COC(=O)N2Cc2cccc(Br)c2)cc1OC. The Morgan fingerprint density at radius 2 is 1.92 bits per heavy atom. The first kappa shape index (κ1) is 17.6. The fraction of sp³-hybridized carbons (Fsp3) is 0.316. The zero-order valence-electron chi connectivity index (χ0n) is 14.2. The average molecular weight is 406 g/mol. The van der Waals surface area contributed by atoms with Gasteiger partial charge >= 0.3 is 6.09 Å². The monoisotopic (exact) mass is 405 g/mol. The van der Waals surface area contributed by atoms with Crippen molar-refractivity contribution in [2.45, 2.75) is 19.0 Å². The fourth-order valence-corrected chi connectivity index (χ4v) is 3.41. The largest absolute Gasteiger partial charge is 0.493 e. The second kappa shape index (κ2) is 7.78. The topological polar surface area (TPSA) is 48.0 Å². The van der Waals surface area contributed by atoms with Crippen molar-refractivity contribution in [1.82, 2.24) is 4.90 Å². The molecule has 1 unspecified atom stereocenters. The minimum absolute atomic E-state index is 0.00965.